The second kappa shape index (κ2) is 8.97. The molecule has 0 aromatic heterocycles. The van der Waals surface area contributed by atoms with E-state index in [-0.39, 0.29) is 23.9 Å². The van der Waals surface area contributed by atoms with E-state index in [4.69, 9.17) is 4.74 Å². The summed E-state index contributed by atoms with van der Waals surface area (Å²) in [5.41, 5.74) is 3.06. The Hall–Kier alpha value is -2.69. The van der Waals surface area contributed by atoms with Gasteiger partial charge in [0, 0.05) is 17.8 Å². The third kappa shape index (κ3) is 5.41. The Kier molecular flexibility index (Phi) is 6.69. The van der Waals surface area contributed by atoms with Crippen molar-refractivity contribution in [3.05, 3.63) is 70.3 Å². The lowest BCUT2D eigenvalue weighted by atomic mass is 9.95. The van der Waals surface area contributed by atoms with E-state index in [0.717, 1.165) is 16.7 Å². The van der Waals surface area contributed by atoms with Crippen molar-refractivity contribution in [1.29, 1.82) is 0 Å². The zero-order valence-electron chi connectivity index (χ0n) is 14.6. The largest absolute Gasteiger partial charge is 0.466 e. The van der Waals surface area contributed by atoms with E-state index in [9.17, 15) is 14.9 Å². The SMILES string of the molecule is CCOC(=O)[C@H](C)C[C@H](Cc1ccc(-c2ccccc2)cc1)[N+](=O)[O-]. The van der Waals surface area contributed by atoms with Crippen molar-refractivity contribution in [3.63, 3.8) is 0 Å². The number of ether oxygens (including phenoxy) is 1. The van der Waals surface area contributed by atoms with Gasteiger partial charge in [0.15, 0.2) is 0 Å². The topological polar surface area (TPSA) is 69.4 Å². The summed E-state index contributed by atoms with van der Waals surface area (Å²) in [7, 11) is 0. The highest BCUT2D eigenvalue weighted by Crippen LogP contribution is 2.21. The summed E-state index contributed by atoms with van der Waals surface area (Å²) in [4.78, 5) is 22.8. The fourth-order valence-corrected chi connectivity index (χ4v) is 2.77. The predicted octanol–water partition coefficient (Wildman–Crippen LogP) is 4.13. The zero-order valence-corrected chi connectivity index (χ0v) is 14.6. The molecule has 2 rings (SSSR count). The number of esters is 1. The van der Waals surface area contributed by atoms with Gasteiger partial charge in [-0.1, -0.05) is 61.5 Å². The van der Waals surface area contributed by atoms with Crippen molar-refractivity contribution < 1.29 is 14.5 Å². The summed E-state index contributed by atoms with van der Waals surface area (Å²) in [6.07, 6.45) is 0.470. The summed E-state index contributed by atoms with van der Waals surface area (Å²) in [5, 5.41) is 11.4. The molecule has 2 atom stereocenters. The molecule has 0 radical (unpaired) electrons. The molecule has 5 nitrogen and oxygen atoms in total. The molecule has 0 aliphatic carbocycles. The van der Waals surface area contributed by atoms with Gasteiger partial charge in [-0.05, 0) is 23.6 Å². The second-order valence-corrected chi connectivity index (χ2v) is 6.10. The van der Waals surface area contributed by atoms with Gasteiger partial charge in [0.1, 0.15) is 0 Å². The van der Waals surface area contributed by atoms with Crippen molar-refractivity contribution in [2.24, 2.45) is 5.92 Å². The number of nitrogens with zero attached hydrogens (tertiary/aromatic N) is 1. The maximum absolute atomic E-state index is 11.7. The van der Waals surface area contributed by atoms with Gasteiger partial charge in [-0.25, -0.2) is 0 Å². The van der Waals surface area contributed by atoms with Crippen LogP contribution in [-0.4, -0.2) is 23.5 Å². The molecule has 0 heterocycles. The Morgan fingerprint density at radius 2 is 1.68 bits per heavy atom. The van der Waals surface area contributed by atoms with E-state index in [1.807, 2.05) is 54.6 Å². The molecular formula is C20H23NO4. The molecule has 0 saturated carbocycles. The Balaban J connectivity index is 2.04. The molecule has 2 aromatic carbocycles. The van der Waals surface area contributed by atoms with Gasteiger partial charge in [0.2, 0.25) is 6.04 Å². The molecule has 0 spiro atoms. The molecule has 25 heavy (non-hydrogen) atoms. The lowest BCUT2D eigenvalue weighted by Crippen LogP contribution is -2.28. The van der Waals surface area contributed by atoms with Gasteiger partial charge in [0.25, 0.3) is 0 Å². The molecule has 0 unspecified atom stereocenters. The highest BCUT2D eigenvalue weighted by molar-refractivity contribution is 5.72. The average Bonchev–Trinajstić information content (AvgIpc) is 2.62. The minimum Gasteiger partial charge on any atom is -0.466 e. The number of hydrogen-bond acceptors (Lipinski definition) is 4. The Morgan fingerprint density at radius 3 is 2.24 bits per heavy atom. The zero-order chi connectivity index (χ0) is 18.2. The van der Waals surface area contributed by atoms with Crippen LogP contribution in [0, 0.1) is 16.0 Å². The number of carbonyl (C=O) groups excluding carboxylic acids is 1. The fraction of sp³-hybridized carbons (Fsp3) is 0.350. The van der Waals surface area contributed by atoms with Gasteiger partial charge >= 0.3 is 5.97 Å². The monoisotopic (exact) mass is 341 g/mol. The van der Waals surface area contributed by atoms with E-state index in [2.05, 4.69) is 0 Å². The first kappa shape index (κ1) is 18.6. The summed E-state index contributed by atoms with van der Waals surface area (Å²) in [6, 6.07) is 16.9. The van der Waals surface area contributed by atoms with Crippen molar-refractivity contribution >= 4 is 5.97 Å². The van der Waals surface area contributed by atoms with E-state index < -0.39 is 12.0 Å². The van der Waals surface area contributed by atoms with Crippen LogP contribution in [0.1, 0.15) is 25.8 Å². The molecular weight excluding hydrogens is 318 g/mol. The highest BCUT2D eigenvalue weighted by atomic mass is 16.6. The molecule has 0 aliphatic rings. The predicted molar refractivity (Wildman–Crippen MR) is 96.8 cm³/mol. The number of benzene rings is 2. The van der Waals surface area contributed by atoms with Gasteiger partial charge in [-0.2, -0.15) is 0 Å². The van der Waals surface area contributed by atoms with Crippen LogP contribution in [0.5, 0.6) is 0 Å². The summed E-state index contributed by atoms with van der Waals surface area (Å²) >= 11 is 0. The van der Waals surface area contributed by atoms with Gasteiger partial charge in [0.05, 0.1) is 12.5 Å². The lowest BCUT2D eigenvalue weighted by molar-refractivity contribution is -0.524. The number of hydrogen-bond donors (Lipinski definition) is 0. The van der Waals surface area contributed by atoms with Crippen LogP contribution >= 0.6 is 0 Å². The molecule has 2 aromatic rings. The first-order chi connectivity index (χ1) is 12.0. The minimum absolute atomic E-state index is 0.173. The van der Waals surface area contributed by atoms with Crippen LogP contribution in [0.2, 0.25) is 0 Å². The van der Waals surface area contributed by atoms with Crippen LogP contribution in [-0.2, 0) is 16.0 Å². The maximum atomic E-state index is 11.7. The molecule has 0 aliphatic heterocycles. The van der Waals surface area contributed by atoms with E-state index in [1.54, 1.807) is 13.8 Å². The molecule has 0 N–H and O–H groups in total. The lowest BCUT2D eigenvalue weighted by Gasteiger charge is -2.14. The quantitative estimate of drug-likeness (QED) is 0.411. The van der Waals surface area contributed by atoms with Gasteiger partial charge < -0.3 is 4.74 Å². The van der Waals surface area contributed by atoms with E-state index in [1.165, 1.54) is 0 Å². The molecule has 0 fully saturated rings. The standard InChI is InChI=1S/C20H23NO4/c1-3-25-20(22)15(2)13-19(21(23)24)14-16-9-11-18(12-10-16)17-7-5-4-6-8-17/h4-12,15,19H,3,13-14H2,1-2H3/t15-,19-/m1/s1. The smallest absolute Gasteiger partial charge is 0.308 e. The summed E-state index contributed by atoms with van der Waals surface area (Å²) < 4.78 is 4.94. The number of nitro groups is 1. The first-order valence-electron chi connectivity index (χ1n) is 8.45. The Labute approximate surface area is 147 Å². The van der Waals surface area contributed by atoms with E-state index >= 15 is 0 Å². The van der Waals surface area contributed by atoms with Crippen molar-refractivity contribution in [1.82, 2.24) is 0 Å². The van der Waals surface area contributed by atoms with Crippen LogP contribution in [0.4, 0.5) is 0 Å². The Morgan fingerprint density at radius 1 is 1.08 bits per heavy atom. The third-order valence-corrected chi connectivity index (χ3v) is 4.15. The second-order valence-electron chi connectivity index (χ2n) is 6.10. The van der Waals surface area contributed by atoms with Crippen LogP contribution in [0.3, 0.4) is 0 Å². The number of carbonyl (C=O) groups is 1. The summed E-state index contributed by atoms with van der Waals surface area (Å²) in [6.45, 7) is 3.68. The molecule has 0 saturated heterocycles. The normalized spacial score (nSPS) is 13.0. The maximum Gasteiger partial charge on any atom is 0.308 e. The van der Waals surface area contributed by atoms with E-state index in [0.29, 0.717) is 6.42 Å². The third-order valence-electron chi connectivity index (χ3n) is 4.15. The number of rotatable bonds is 8. The fourth-order valence-electron chi connectivity index (χ4n) is 2.77. The van der Waals surface area contributed by atoms with Gasteiger partial charge in [-0.3, -0.25) is 14.9 Å². The first-order valence-corrected chi connectivity index (χ1v) is 8.45. The molecule has 0 amide bonds. The molecule has 132 valence electrons. The van der Waals surface area contributed by atoms with Crippen LogP contribution in [0.25, 0.3) is 11.1 Å². The van der Waals surface area contributed by atoms with Crippen molar-refractivity contribution in [2.45, 2.75) is 32.7 Å². The average molecular weight is 341 g/mol. The molecule has 0 bridgehead atoms. The van der Waals surface area contributed by atoms with Crippen LogP contribution in [0.15, 0.2) is 54.6 Å². The summed E-state index contributed by atoms with van der Waals surface area (Å²) in [5.74, 6) is -0.868. The highest BCUT2D eigenvalue weighted by Gasteiger charge is 2.27. The van der Waals surface area contributed by atoms with Crippen LogP contribution < -0.4 is 0 Å². The van der Waals surface area contributed by atoms with Gasteiger partial charge in [-0.15, -0.1) is 0 Å². The van der Waals surface area contributed by atoms with Crippen molar-refractivity contribution in [2.75, 3.05) is 6.61 Å². The minimum atomic E-state index is -0.804. The molecule has 5 heteroatoms. The van der Waals surface area contributed by atoms with Crippen molar-refractivity contribution in [3.8, 4) is 11.1 Å². The Bertz CT molecular complexity index is 697.